The van der Waals surface area contributed by atoms with Crippen molar-refractivity contribution in [2.45, 2.75) is 38.8 Å². The lowest BCUT2D eigenvalue weighted by atomic mass is 9.81. The molecule has 0 bridgehead atoms. The van der Waals surface area contributed by atoms with E-state index in [1.54, 1.807) is 25.3 Å². The molecule has 2 aromatic heterocycles. The predicted octanol–water partition coefficient (Wildman–Crippen LogP) is 4.98. The lowest BCUT2D eigenvalue weighted by molar-refractivity contribution is 0.267. The SMILES string of the molecule is Cc1nc(NC[C@@](C)(C[C@@H](C)F)c2ncccc2F)ncc1-c1ccc(C#N)cc1. The highest BCUT2D eigenvalue weighted by Gasteiger charge is 2.33. The molecule has 2 heterocycles. The van der Waals surface area contributed by atoms with Gasteiger partial charge >= 0.3 is 0 Å². The fourth-order valence-corrected chi connectivity index (χ4v) is 3.54. The van der Waals surface area contributed by atoms with E-state index in [0.29, 0.717) is 11.5 Å². The van der Waals surface area contributed by atoms with E-state index in [1.807, 2.05) is 19.1 Å². The van der Waals surface area contributed by atoms with Crippen molar-refractivity contribution in [2.24, 2.45) is 0 Å². The van der Waals surface area contributed by atoms with Crippen LogP contribution in [0.5, 0.6) is 0 Å². The van der Waals surface area contributed by atoms with Crippen molar-refractivity contribution in [1.82, 2.24) is 15.0 Å². The zero-order valence-electron chi connectivity index (χ0n) is 17.2. The Morgan fingerprint density at radius 2 is 1.93 bits per heavy atom. The highest BCUT2D eigenvalue weighted by atomic mass is 19.1. The summed E-state index contributed by atoms with van der Waals surface area (Å²) in [5, 5.41) is 12.0. The van der Waals surface area contributed by atoms with Gasteiger partial charge in [0.1, 0.15) is 5.82 Å². The molecule has 0 aliphatic rings. The predicted molar refractivity (Wildman–Crippen MR) is 112 cm³/mol. The molecular formula is C23H23F2N5. The smallest absolute Gasteiger partial charge is 0.222 e. The summed E-state index contributed by atoms with van der Waals surface area (Å²) in [4.78, 5) is 13.0. The Morgan fingerprint density at radius 3 is 2.53 bits per heavy atom. The second kappa shape index (κ2) is 8.95. The number of benzene rings is 1. The normalized spacial score (nSPS) is 13.9. The van der Waals surface area contributed by atoms with Gasteiger partial charge in [-0.3, -0.25) is 4.98 Å². The van der Waals surface area contributed by atoms with Crippen LogP contribution >= 0.6 is 0 Å². The van der Waals surface area contributed by atoms with Gasteiger partial charge in [0.25, 0.3) is 0 Å². The molecule has 0 fully saturated rings. The van der Waals surface area contributed by atoms with Gasteiger partial charge in [-0.05, 0) is 50.1 Å². The first kappa shape index (κ1) is 21.3. The number of nitriles is 1. The summed E-state index contributed by atoms with van der Waals surface area (Å²) in [6.45, 7) is 5.32. The molecule has 0 spiro atoms. The highest BCUT2D eigenvalue weighted by molar-refractivity contribution is 5.66. The topological polar surface area (TPSA) is 74.5 Å². The van der Waals surface area contributed by atoms with Crippen LogP contribution < -0.4 is 5.32 Å². The van der Waals surface area contributed by atoms with Gasteiger partial charge < -0.3 is 5.32 Å². The van der Waals surface area contributed by atoms with E-state index in [0.717, 1.165) is 16.8 Å². The molecule has 154 valence electrons. The largest absolute Gasteiger partial charge is 0.353 e. The first-order valence-corrected chi connectivity index (χ1v) is 9.65. The number of alkyl halides is 1. The van der Waals surface area contributed by atoms with Gasteiger partial charge in [0.15, 0.2) is 0 Å². The Bertz CT molecular complexity index is 1060. The van der Waals surface area contributed by atoms with Crippen LogP contribution in [0.15, 0.2) is 48.8 Å². The van der Waals surface area contributed by atoms with Crippen LogP contribution in [0.25, 0.3) is 11.1 Å². The Hall–Kier alpha value is -3.40. The Morgan fingerprint density at radius 1 is 1.20 bits per heavy atom. The van der Waals surface area contributed by atoms with Gasteiger partial charge in [-0.25, -0.2) is 18.7 Å². The number of anilines is 1. The molecule has 30 heavy (non-hydrogen) atoms. The molecule has 0 saturated heterocycles. The van der Waals surface area contributed by atoms with Crippen LogP contribution in [0.4, 0.5) is 14.7 Å². The van der Waals surface area contributed by atoms with Crippen molar-refractivity contribution in [1.29, 1.82) is 5.26 Å². The molecule has 0 unspecified atom stereocenters. The molecule has 7 heteroatoms. The van der Waals surface area contributed by atoms with Crippen LogP contribution in [0, 0.1) is 24.1 Å². The van der Waals surface area contributed by atoms with Gasteiger partial charge in [0, 0.05) is 29.9 Å². The van der Waals surface area contributed by atoms with Crippen molar-refractivity contribution in [2.75, 3.05) is 11.9 Å². The molecule has 5 nitrogen and oxygen atoms in total. The monoisotopic (exact) mass is 407 g/mol. The molecule has 0 radical (unpaired) electrons. The Kier molecular flexibility index (Phi) is 6.36. The quantitative estimate of drug-likeness (QED) is 0.598. The standard InChI is InChI=1S/C23H23F2N5/c1-15(24)11-23(3,21-20(25)5-4-10-27-21)14-29-22-28-13-19(16(2)30-22)18-8-6-17(12-26)7-9-18/h4-10,13,15H,11,14H2,1-3H3,(H,28,29,30)/t15-,23-/m1/s1. The number of nitrogens with zero attached hydrogens (tertiary/aromatic N) is 4. The second-order valence-electron chi connectivity index (χ2n) is 7.61. The Labute approximate surface area is 174 Å². The average Bonchev–Trinajstić information content (AvgIpc) is 2.72. The summed E-state index contributed by atoms with van der Waals surface area (Å²) in [5.41, 5.74) is 2.43. The zero-order valence-corrected chi connectivity index (χ0v) is 17.2. The van der Waals surface area contributed by atoms with Crippen LogP contribution in [0.1, 0.15) is 37.2 Å². The van der Waals surface area contributed by atoms with Gasteiger partial charge in [-0.15, -0.1) is 0 Å². The van der Waals surface area contributed by atoms with E-state index < -0.39 is 17.4 Å². The van der Waals surface area contributed by atoms with Crippen molar-refractivity contribution < 1.29 is 8.78 Å². The van der Waals surface area contributed by atoms with Gasteiger partial charge in [-0.2, -0.15) is 5.26 Å². The van der Waals surface area contributed by atoms with Crippen molar-refractivity contribution in [3.8, 4) is 17.2 Å². The highest BCUT2D eigenvalue weighted by Crippen LogP contribution is 2.31. The maximum atomic E-state index is 14.4. The van der Waals surface area contributed by atoms with Gasteiger partial charge in [-0.1, -0.05) is 19.1 Å². The number of aromatic nitrogens is 3. The number of hydrogen-bond donors (Lipinski definition) is 1. The molecule has 3 aromatic rings. The van der Waals surface area contributed by atoms with Crippen LogP contribution in [-0.4, -0.2) is 27.7 Å². The second-order valence-corrected chi connectivity index (χ2v) is 7.61. The van der Waals surface area contributed by atoms with E-state index >= 15 is 0 Å². The summed E-state index contributed by atoms with van der Waals surface area (Å²) < 4.78 is 28.2. The molecule has 0 saturated carbocycles. The summed E-state index contributed by atoms with van der Waals surface area (Å²) in [6.07, 6.45) is 2.19. The number of nitrogens with one attached hydrogen (secondary N) is 1. The summed E-state index contributed by atoms with van der Waals surface area (Å²) >= 11 is 0. The first-order valence-electron chi connectivity index (χ1n) is 9.65. The zero-order chi connectivity index (χ0) is 21.7. The third kappa shape index (κ3) is 4.77. The maximum absolute atomic E-state index is 14.4. The maximum Gasteiger partial charge on any atom is 0.222 e. The minimum atomic E-state index is -1.13. The fraction of sp³-hybridized carbons (Fsp3) is 0.304. The van der Waals surface area contributed by atoms with Crippen molar-refractivity contribution in [3.63, 3.8) is 0 Å². The third-order valence-electron chi connectivity index (χ3n) is 5.00. The molecule has 0 aliphatic heterocycles. The molecular weight excluding hydrogens is 384 g/mol. The average molecular weight is 407 g/mol. The van der Waals surface area contributed by atoms with E-state index in [2.05, 4.69) is 26.3 Å². The summed E-state index contributed by atoms with van der Waals surface area (Å²) in [7, 11) is 0. The van der Waals surface area contributed by atoms with E-state index in [4.69, 9.17) is 5.26 Å². The molecule has 0 amide bonds. The van der Waals surface area contributed by atoms with Gasteiger partial charge in [0.2, 0.25) is 5.95 Å². The molecule has 0 aliphatic carbocycles. The summed E-state index contributed by atoms with van der Waals surface area (Å²) in [6, 6.07) is 12.1. The molecule has 3 rings (SSSR count). The minimum Gasteiger partial charge on any atom is -0.353 e. The number of rotatable bonds is 7. The van der Waals surface area contributed by atoms with E-state index in [1.165, 1.54) is 25.3 Å². The van der Waals surface area contributed by atoms with Crippen LogP contribution in [0.3, 0.4) is 0 Å². The summed E-state index contributed by atoms with van der Waals surface area (Å²) in [5.74, 6) is -0.0883. The molecule has 1 aromatic carbocycles. The number of aryl methyl sites for hydroxylation is 1. The van der Waals surface area contributed by atoms with Crippen molar-refractivity contribution in [3.05, 3.63) is 71.6 Å². The third-order valence-corrected chi connectivity index (χ3v) is 5.00. The van der Waals surface area contributed by atoms with Gasteiger partial charge in [0.05, 0.1) is 29.2 Å². The number of halogens is 2. The van der Waals surface area contributed by atoms with E-state index in [-0.39, 0.29) is 18.7 Å². The first-order chi connectivity index (χ1) is 14.3. The minimum absolute atomic E-state index is 0.107. The Balaban J connectivity index is 1.81. The van der Waals surface area contributed by atoms with Crippen LogP contribution in [0.2, 0.25) is 0 Å². The number of pyridine rings is 1. The number of hydrogen-bond acceptors (Lipinski definition) is 5. The molecule has 1 N–H and O–H groups in total. The van der Waals surface area contributed by atoms with E-state index in [9.17, 15) is 8.78 Å². The van der Waals surface area contributed by atoms with Crippen molar-refractivity contribution >= 4 is 5.95 Å². The van der Waals surface area contributed by atoms with Crippen LogP contribution in [-0.2, 0) is 5.41 Å². The fourth-order valence-electron chi connectivity index (χ4n) is 3.54. The lowest BCUT2D eigenvalue weighted by Crippen LogP contribution is -2.36. The molecule has 2 atom stereocenters. The lowest BCUT2D eigenvalue weighted by Gasteiger charge is -2.30.